The fraction of sp³-hybridized carbons (Fsp3) is 0.364. The number of hydrogen-bond donors (Lipinski definition) is 2. The molecule has 1 aliphatic rings. The van der Waals surface area contributed by atoms with Gasteiger partial charge >= 0.3 is 0 Å². The van der Waals surface area contributed by atoms with Crippen LogP contribution < -0.4 is 5.73 Å². The molecule has 1 aliphatic carbocycles. The Morgan fingerprint density at radius 1 is 1.43 bits per heavy atom. The number of aromatic nitrogens is 2. The van der Waals surface area contributed by atoms with Crippen LogP contribution in [0.1, 0.15) is 24.8 Å². The third-order valence-electron chi connectivity index (χ3n) is 3.23. The van der Waals surface area contributed by atoms with Gasteiger partial charge in [0.2, 0.25) is 0 Å². The number of nitrogens with two attached hydrogens (primary N) is 1. The van der Waals surface area contributed by atoms with Gasteiger partial charge in [0.05, 0.1) is 0 Å². The monoisotopic (exact) mass is 187 g/mol. The lowest BCUT2D eigenvalue weighted by atomic mass is 9.73. The van der Waals surface area contributed by atoms with Gasteiger partial charge in [-0.05, 0) is 37.0 Å². The fourth-order valence-corrected chi connectivity index (χ4v) is 2.19. The molecule has 0 saturated heterocycles. The summed E-state index contributed by atoms with van der Waals surface area (Å²) in [7, 11) is 0. The number of rotatable bonds is 1. The summed E-state index contributed by atoms with van der Waals surface area (Å²) in [5.74, 6) is 0. The van der Waals surface area contributed by atoms with E-state index in [0.717, 1.165) is 18.5 Å². The zero-order valence-electron chi connectivity index (χ0n) is 7.96. The standard InChI is InChI=1S/C11H13N3/c12-11(4-2-5-11)9-7-14-10-8(9)3-1-6-13-10/h1,3,6-7H,2,4-5,12H2,(H,13,14). The summed E-state index contributed by atoms with van der Waals surface area (Å²) in [6.07, 6.45) is 7.23. The first-order valence-electron chi connectivity index (χ1n) is 5.01. The van der Waals surface area contributed by atoms with Gasteiger partial charge in [-0.1, -0.05) is 0 Å². The number of aromatic amines is 1. The molecule has 0 radical (unpaired) electrons. The quantitative estimate of drug-likeness (QED) is 0.716. The maximum atomic E-state index is 6.29. The molecule has 0 aromatic carbocycles. The van der Waals surface area contributed by atoms with Gasteiger partial charge in [0.25, 0.3) is 0 Å². The number of pyridine rings is 1. The van der Waals surface area contributed by atoms with Gasteiger partial charge < -0.3 is 10.7 Å². The van der Waals surface area contributed by atoms with E-state index < -0.39 is 0 Å². The molecule has 0 spiro atoms. The second-order valence-electron chi connectivity index (χ2n) is 4.11. The predicted molar refractivity (Wildman–Crippen MR) is 55.8 cm³/mol. The Labute approximate surface area is 82.3 Å². The minimum atomic E-state index is -0.0959. The lowest BCUT2D eigenvalue weighted by Gasteiger charge is -2.38. The lowest BCUT2D eigenvalue weighted by molar-refractivity contribution is 0.256. The maximum Gasteiger partial charge on any atom is 0.137 e. The number of hydrogen-bond acceptors (Lipinski definition) is 2. The largest absolute Gasteiger partial charge is 0.346 e. The molecule has 0 amide bonds. The van der Waals surface area contributed by atoms with E-state index in [0.29, 0.717) is 0 Å². The first kappa shape index (κ1) is 8.00. The molecule has 3 heteroatoms. The maximum absolute atomic E-state index is 6.29. The van der Waals surface area contributed by atoms with Crippen LogP contribution in [0.4, 0.5) is 0 Å². The highest BCUT2D eigenvalue weighted by atomic mass is 14.9. The van der Waals surface area contributed by atoms with E-state index in [2.05, 4.69) is 16.0 Å². The van der Waals surface area contributed by atoms with E-state index in [4.69, 9.17) is 5.73 Å². The van der Waals surface area contributed by atoms with Gasteiger partial charge in [0.1, 0.15) is 5.65 Å². The van der Waals surface area contributed by atoms with Crippen molar-refractivity contribution >= 4 is 11.0 Å². The molecule has 3 nitrogen and oxygen atoms in total. The van der Waals surface area contributed by atoms with E-state index in [1.807, 2.05) is 12.3 Å². The predicted octanol–water partition coefficient (Wildman–Crippen LogP) is 1.90. The van der Waals surface area contributed by atoms with Gasteiger partial charge in [0, 0.05) is 23.3 Å². The summed E-state index contributed by atoms with van der Waals surface area (Å²) in [5.41, 5.74) is 8.36. The Morgan fingerprint density at radius 2 is 2.29 bits per heavy atom. The molecule has 0 aliphatic heterocycles. The first-order chi connectivity index (χ1) is 6.80. The minimum Gasteiger partial charge on any atom is -0.346 e. The van der Waals surface area contributed by atoms with Crippen LogP contribution in [0, 0.1) is 0 Å². The van der Waals surface area contributed by atoms with E-state index in [9.17, 15) is 0 Å². The Bertz CT molecular complexity index is 468. The SMILES string of the molecule is NC1(c2c[nH]c3ncccc23)CCC1. The molecule has 3 N–H and O–H groups in total. The normalized spacial score (nSPS) is 19.5. The van der Waals surface area contributed by atoms with Crippen molar-refractivity contribution in [1.29, 1.82) is 0 Å². The summed E-state index contributed by atoms with van der Waals surface area (Å²) in [4.78, 5) is 7.43. The summed E-state index contributed by atoms with van der Waals surface area (Å²) < 4.78 is 0. The van der Waals surface area contributed by atoms with Crippen LogP contribution >= 0.6 is 0 Å². The molecule has 1 fully saturated rings. The van der Waals surface area contributed by atoms with E-state index in [1.54, 1.807) is 6.20 Å². The molecule has 2 heterocycles. The Morgan fingerprint density at radius 3 is 3.00 bits per heavy atom. The van der Waals surface area contributed by atoms with Crippen molar-refractivity contribution in [2.24, 2.45) is 5.73 Å². The topological polar surface area (TPSA) is 54.7 Å². The molecule has 2 aromatic rings. The van der Waals surface area contributed by atoms with Crippen LogP contribution in [0.5, 0.6) is 0 Å². The zero-order chi connectivity index (χ0) is 9.60. The molecule has 0 unspecified atom stereocenters. The third-order valence-corrected chi connectivity index (χ3v) is 3.23. The van der Waals surface area contributed by atoms with Crippen molar-refractivity contribution < 1.29 is 0 Å². The van der Waals surface area contributed by atoms with Crippen molar-refractivity contribution in [3.8, 4) is 0 Å². The summed E-state index contributed by atoms with van der Waals surface area (Å²) in [5, 5.41) is 1.18. The number of fused-ring (bicyclic) bond motifs is 1. The van der Waals surface area contributed by atoms with Crippen molar-refractivity contribution in [3.63, 3.8) is 0 Å². The average molecular weight is 187 g/mol. The van der Waals surface area contributed by atoms with E-state index in [-0.39, 0.29) is 5.54 Å². The van der Waals surface area contributed by atoms with Gasteiger partial charge in [-0.2, -0.15) is 0 Å². The van der Waals surface area contributed by atoms with Crippen LogP contribution in [-0.4, -0.2) is 9.97 Å². The van der Waals surface area contributed by atoms with Crippen LogP contribution in [0.25, 0.3) is 11.0 Å². The summed E-state index contributed by atoms with van der Waals surface area (Å²) in [6.45, 7) is 0. The first-order valence-corrected chi connectivity index (χ1v) is 5.01. The zero-order valence-corrected chi connectivity index (χ0v) is 7.96. The second kappa shape index (κ2) is 2.58. The third kappa shape index (κ3) is 0.930. The molecular weight excluding hydrogens is 174 g/mol. The molecule has 3 rings (SSSR count). The molecule has 72 valence electrons. The highest BCUT2D eigenvalue weighted by Gasteiger charge is 2.36. The van der Waals surface area contributed by atoms with Crippen LogP contribution in [-0.2, 0) is 5.54 Å². The molecule has 0 atom stereocenters. The molecule has 0 bridgehead atoms. The van der Waals surface area contributed by atoms with Crippen molar-refractivity contribution in [2.45, 2.75) is 24.8 Å². The van der Waals surface area contributed by atoms with Crippen molar-refractivity contribution in [2.75, 3.05) is 0 Å². The van der Waals surface area contributed by atoms with Gasteiger partial charge in [-0.25, -0.2) is 4.98 Å². The van der Waals surface area contributed by atoms with Gasteiger partial charge in [-0.15, -0.1) is 0 Å². The second-order valence-corrected chi connectivity index (χ2v) is 4.11. The Kier molecular flexibility index (Phi) is 1.47. The molecule has 1 saturated carbocycles. The minimum absolute atomic E-state index is 0.0959. The fourth-order valence-electron chi connectivity index (χ4n) is 2.19. The molecule has 14 heavy (non-hydrogen) atoms. The highest BCUT2D eigenvalue weighted by Crippen LogP contribution is 2.41. The molecule has 2 aromatic heterocycles. The van der Waals surface area contributed by atoms with Crippen LogP contribution in [0.15, 0.2) is 24.5 Å². The van der Waals surface area contributed by atoms with E-state index in [1.165, 1.54) is 17.4 Å². The Hall–Kier alpha value is -1.35. The lowest BCUT2D eigenvalue weighted by Crippen LogP contribution is -2.43. The highest BCUT2D eigenvalue weighted by molar-refractivity contribution is 5.80. The smallest absolute Gasteiger partial charge is 0.137 e. The van der Waals surface area contributed by atoms with Crippen molar-refractivity contribution in [1.82, 2.24) is 9.97 Å². The summed E-state index contributed by atoms with van der Waals surface area (Å²) in [6, 6.07) is 4.04. The summed E-state index contributed by atoms with van der Waals surface area (Å²) >= 11 is 0. The van der Waals surface area contributed by atoms with E-state index >= 15 is 0 Å². The van der Waals surface area contributed by atoms with Crippen LogP contribution in [0.2, 0.25) is 0 Å². The number of nitrogens with one attached hydrogen (secondary N) is 1. The van der Waals surface area contributed by atoms with Crippen LogP contribution in [0.3, 0.4) is 0 Å². The molecular formula is C11H13N3. The average Bonchev–Trinajstić information content (AvgIpc) is 2.58. The number of H-pyrrole nitrogens is 1. The Balaban J connectivity index is 2.22. The number of nitrogens with zero attached hydrogens (tertiary/aromatic N) is 1. The van der Waals surface area contributed by atoms with Crippen molar-refractivity contribution in [3.05, 3.63) is 30.1 Å². The van der Waals surface area contributed by atoms with Gasteiger partial charge in [-0.3, -0.25) is 0 Å². The van der Waals surface area contributed by atoms with Gasteiger partial charge in [0.15, 0.2) is 0 Å².